The number of thioether (sulfide) groups is 1. The summed E-state index contributed by atoms with van der Waals surface area (Å²) in [5.41, 5.74) is 1.60. The van der Waals surface area contributed by atoms with E-state index >= 15 is 0 Å². The van der Waals surface area contributed by atoms with E-state index in [-0.39, 0.29) is 55.0 Å². The van der Waals surface area contributed by atoms with Gasteiger partial charge in [0.25, 0.3) is 11.7 Å². The highest BCUT2D eigenvalue weighted by Crippen LogP contribution is 2.39. The number of ketones is 2. The molecule has 2 N–H and O–H groups in total. The molecule has 0 radical (unpaired) electrons. The molecule has 1 saturated carbocycles. The summed E-state index contributed by atoms with van der Waals surface area (Å²) < 4.78 is 36.2. The lowest BCUT2D eigenvalue weighted by Gasteiger charge is -2.47. The maximum Gasteiger partial charge on any atom is 0.329 e. The minimum atomic E-state index is -2.51. The van der Waals surface area contributed by atoms with Gasteiger partial charge in [0, 0.05) is 45.8 Å². The molecule has 60 heavy (non-hydrogen) atoms. The molecule has 13 nitrogen and oxygen atoms in total. The first-order valence-corrected chi connectivity index (χ1v) is 23.0. The Balaban J connectivity index is 1.79. The first kappa shape index (κ1) is 49.8. The van der Waals surface area contributed by atoms with Crippen molar-refractivity contribution in [2.45, 2.75) is 147 Å². The normalized spacial score (nSPS) is 39.0. The van der Waals surface area contributed by atoms with Crippen molar-refractivity contribution < 1.29 is 57.8 Å². The van der Waals surface area contributed by atoms with Gasteiger partial charge in [-0.1, -0.05) is 44.6 Å². The molecular weight excluding hydrogens is 791 g/mol. The molecule has 3 aliphatic heterocycles. The number of nitrogens with zero attached hydrogens (tertiary/aromatic N) is 1. The number of aliphatic hydroxyl groups excluding tert-OH is 1. The molecule has 0 spiro atoms. The van der Waals surface area contributed by atoms with E-state index < -0.39 is 71.7 Å². The van der Waals surface area contributed by atoms with Crippen molar-refractivity contribution in [2.75, 3.05) is 40.1 Å². The SMILES string of the molecule is C=CCC1/C=C(/C)CC(C)CC(OC)C2OC(O)(C(=O)C(=O)N3CCCCC3C(=O)OC(/C(C)=C/C3CCC(OCSC)C(OC)C3)C(C)/C(O)=C\C1=O)C(C)CC2OC. The third-order valence-corrected chi connectivity index (χ3v) is 13.3. The summed E-state index contributed by atoms with van der Waals surface area (Å²) in [6, 6.07) is -1.15. The van der Waals surface area contributed by atoms with Crippen molar-refractivity contribution >= 4 is 35.2 Å². The van der Waals surface area contributed by atoms with Gasteiger partial charge >= 0.3 is 5.97 Å². The van der Waals surface area contributed by atoms with E-state index in [1.807, 2.05) is 39.2 Å². The molecule has 14 heteroatoms. The maximum absolute atomic E-state index is 14.4. The van der Waals surface area contributed by atoms with Crippen LogP contribution in [0.5, 0.6) is 0 Å². The Hall–Kier alpha value is -2.85. The zero-order valence-corrected chi connectivity index (χ0v) is 38.1. The minimum absolute atomic E-state index is 0.000446. The number of piperidine rings is 1. The van der Waals surface area contributed by atoms with Crippen LogP contribution >= 0.6 is 11.8 Å². The number of Topliss-reactive ketones (excluding diaryl/α,β-unsaturated/α-hetero) is 1. The average molecular weight is 862 g/mol. The molecule has 338 valence electrons. The zero-order chi connectivity index (χ0) is 44.3. The molecule has 1 aliphatic carbocycles. The van der Waals surface area contributed by atoms with Crippen molar-refractivity contribution in [3.05, 3.63) is 47.8 Å². The topological polar surface area (TPSA) is 167 Å². The Kier molecular flexibility index (Phi) is 19.1. The summed E-state index contributed by atoms with van der Waals surface area (Å²) in [4.78, 5) is 58.1. The summed E-state index contributed by atoms with van der Waals surface area (Å²) in [5.74, 6) is -7.74. The highest BCUT2D eigenvalue weighted by Gasteiger charge is 2.56. The molecule has 2 saturated heterocycles. The number of allylic oxidation sites excluding steroid dienone is 5. The first-order valence-electron chi connectivity index (χ1n) is 21.6. The Bertz CT molecular complexity index is 1600. The van der Waals surface area contributed by atoms with Crippen molar-refractivity contribution in [3.8, 4) is 0 Å². The van der Waals surface area contributed by atoms with Crippen molar-refractivity contribution in [2.24, 2.45) is 29.6 Å². The number of hydrogen-bond acceptors (Lipinski definition) is 13. The number of methoxy groups -OCH3 is 3. The Morgan fingerprint density at radius 1 is 0.983 bits per heavy atom. The quantitative estimate of drug-likeness (QED) is 0.104. The van der Waals surface area contributed by atoms with Gasteiger partial charge in [-0.25, -0.2) is 4.79 Å². The van der Waals surface area contributed by atoms with Crippen LogP contribution in [-0.2, 0) is 47.6 Å². The standard InChI is InChI=1S/C46H71NO12S/c1-11-14-33-20-27(2)19-28(3)21-39(55-8)42-40(56-9)23-30(5)46(53,59-42)43(50)44(51)47-18-13-12-15-34(47)45(52)58-41(31(6)35(48)25-36(33)49)29(4)22-32-16-17-37(57-26-60-10)38(24-32)54-7/h11,20,22,25,28,30-34,37-42,48,53H,1,12-19,21,23-24,26H2,2-10H3/b27-20-,29-22+,35-25+. The molecule has 4 rings (SSSR count). The molecule has 2 bridgehead atoms. The fraction of sp³-hybridized carbons (Fsp3) is 0.739. The fourth-order valence-corrected chi connectivity index (χ4v) is 9.81. The van der Waals surface area contributed by atoms with Gasteiger partial charge in [-0.05, 0) is 102 Å². The lowest BCUT2D eigenvalue weighted by Crippen LogP contribution is -2.64. The van der Waals surface area contributed by atoms with Crippen LogP contribution in [0, 0.1) is 29.6 Å². The number of carbonyl (C=O) groups excluding carboxylic acids is 4. The van der Waals surface area contributed by atoms with Crippen LogP contribution in [0.1, 0.15) is 98.8 Å². The molecule has 13 atom stereocenters. The van der Waals surface area contributed by atoms with E-state index in [4.69, 9.17) is 28.4 Å². The molecule has 0 aromatic carbocycles. The van der Waals surface area contributed by atoms with Gasteiger partial charge in [0.05, 0.1) is 36.3 Å². The Labute approximate surface area is 361 Å². The largest absolute Gasteiger partial charge is 0.512 e. The number of fused-ring (bicyclic) bond motifs is 3. The van der Waals surface area contributed by atoms with Gasteiger partial charge < -0.3 is 43.5 Å². The van der Waals surface area contributed by atoms with E-state index in [2.05, 4.69) is 6.58 Å². The zero-order valence-electron chi connectivity index (χ0n) is 37.3. The van der Waals surface area contributed by atoms with Crippen LogP contribution in [-0.4, -0.2) is 127 Å². The second-order valence-corrected chi connectivity index (χ2v) is 18.3. The summed E-state index contributed by atoms with van der Waals surface area (Å²) in [6.45, 7) is 13.1. The number of ether oxygens (including phenoxy) is 6. The van der Waals surface area contributed by atoms with Gasteiger partial charge in [0.2, 0.25) is 5.79 Å². The van der Waals surface area contributed by atoms with Crippen LogP contribution in [0.25, 0.3) is 0 Å². The molecule has 0 aromatic heterocycles. The number of amides is 1. The van der Waals surface area contributed by atoms with Crippen LogP contribution in [0.2, 0.25) is 0 Å². The number of rotatable bonds is 10. The number of cyclic esters (lactones) is 1. The second-order valence-electron chi connectivity index (χ2n) is 17.5. The summed E-state index contributed by atoms with van der Waals surface area (Å²) in [7, 11) is 4.73. The molecule has 13 unspecified atom stereocenters. The minimum Gasteiger partial charge on any atom is -0.512 e. The van der Waals surface area contributed by atoms with Crippen LogP contribution in [0.15, 0.2) is 47.8 Å². The molecular formula is C46H71NO12S. The molecule has 4 aliphatic rings. The third kappa shape index (κ3) is 12.2. The smallest absolute Gasteiger partial charge is 0.329 e. The molecule has 3 heterocycles. The van der Waals surface area contributed by atoms with Crippen molar-refractivity contribution in [1.82, 2.24) is 4.90 Å². The van der Waals surface area contributed by atoms with Crippen LogP contribution < -0.4 is 0 Å². The lowest BCUT2D eigenvalue weighted by molar-refractivity contribution is -0.302. The monoisotopic (exact) mass is 861 g/mol. The van der Waals surface area contributed by atoms with Crippen LogP contribution in [0.3, 0.4) is 0 Å². The van der Waals surface area contributed by atoms with Gasteiger partial charge in [-0.2, -0.15) is 0 Å². The second kappa shape index (κ2) is 23.0. The summed E-state index contributed by atoms with van der Waals surface area (Å²) in [5, 5.41) is 23.7. The van der Waals surface area contributed by atoms with E-state index in [9.17, 15) is 29.4 Å². The third-order valence-electron chi connectivity index (χ3n) is 12.9. The van der Waals surface area contributed by atoms with Gasteiger partial charge in [0.1, 0.15) is 24.0 Å². The molecule has 1 amide bonds. The summed E-state index contributed by atoms with van der Waals surface area (Å²) in [6.07, 6.45) is 10.7. The number of hydrogen-bond donors (Lipinski definition) is 2. The highest BCUT2D eigenvalue weighted by atomic mass is 32.2. The van der Waals surface area contributed by atoms with Crippen molar-refractivity contribution in [3.63, 3.8) is 0 Å². The van der Waals surface area contributed by atoms with E-state index in [0.29, 0.717) is 50.0 Å². The fourth-order valence-electron chi connectivity index (χ4n) is 9.50. The lowest BCUT2D eigenvalue weighted by atomic mass is 9.82. The van der Waals surface area contributed by atoms with E-state index in [1.54, 1.807) is 38.8 Å². The predicted molar refractivity (Wildman–Crippen MR) is 230 cm³/mol. The summed E-state index contributed by atoms with van der Waals surface area (Å²) >= 11 is 1.60. The Morgan fingerprint density at radius 2 is 1.67 bits per heavy atom. The Morgan fingerprint density at radius 3 is 2.32 bits per heavy atom. The van der Waals surface area contributed by atoms with Gasteiger partial charge in [0.15, 0.2) is 5.78 Å². The van der Waals surface area contributed by atoms with Gasteiger partial charge in [-0.3, -0.25) is 14.4 Å². The predicted octanol–water partition coefficient (Wildman–Crippen LogP) is 6.67. The number of aliphatic hydroxyl groups is 2. The maximum atomic E-state index is 14.4. The van der Waals surface area contributed by atoms with Crippen molar-refractivity contribution in [1.29, 1.82) is 0 Å². The van der Waals surface area contributed by atoms with Crippen LogP contribution in [0.4, 0.5) is 0 Å². The molecule has 0 aromatic rings. The molecule has 3 fully saturated rings. The first-order chi connectivity index (χ1) is 28.5. The average Bonchev–Trinajstić information content (AvgIpc) is 3.23. The van der Waals surface area contributed by atoms with Gasteiger partial charge in [-0.15, -0.1) is 18.3 Å². The number of esters is 1. The van der Waals surface area contributed by atoms with E-state index in [1.165, 1.54) is 25.2 Å². The number of carbonyl (C=O) groups is 4. The van der Waals surface area contributed by atoms with E-state index in [0.717, 1.165) is 18.4 Å². The highest BCUT2D eigenvalue weighted by molar-refractivity contribution is 7.98.